The van der Waals surface area contributed by atoms with E-state index in [-0.39, 0.29) is 5.41 Å². The Morgan fingerprint density at radius 3 is 2.23 bits per heavy atom. The van der Waals surface area contributed by atoms with Crippen molar-refractivity contribution in [3.05, 3.63) is 204 Å². The Hall–Kier alpha value is -5.44. The molecule has 4 unspecified atom stereocenters. The van der Waals surface area contributed by atoms with Crippen molar-refractivity contribution in [2.75, 3.05) is 4.90 Å². The number of rotatable bonds is 6. The van der Waals surface area contributed by atoms with Gasteiger partial charge in [0.2, 0.25) is 0 Å². The van der Waals surface area contributed by atoms with Crippen LogP contribution in [0.1, 0.15) is 55.7 Å². The smallest absolute Gasteiger partial charge is 0.155 e. The van der Waals surface area contributed by atoms with E-state index in [0.29, 0.717) is 17.5 Å². The zero-order valence-electron chi connectivity index (χ0n) is 30.6. The fourth-order valence-electron chi connectivity index (χ4n) is 10.2. The Kier molecular flexibility index (Phi) is 7.66. The topological polar surface area (TPSA) is 3.24 Å². The van der Waals surface area contributed by atoms with Gasteiger partial charge in [-0.3, -0.25) is 0 Å². The van der Waals surface area contributed by atoms with Gasteiger partial charge in [-0.15, -0.1) is 0 Å². The van der Waals surface area contributed by atoms with Crippen LogP contribution < -0.4 is 20.5 Å². The maximum absolute atomic E-state index is 2.68. The van der Waals surface area contributed by atoms with Crippen LogP contribution in [0.5, 0.6) is 0 Å². The molecule has 4 atom stereocenters. The number of allylic oxidation sites excluding steroid dienone is 9. The molecule has 2 heteroatoms. The summed E-state index contributed by atoms with van der Waals surface area (Å²) in [6, 6.07) is 45.2. The molecule has 1 nitrogen and oxygen atoms in total. The highest BCUT2D eigenvalue weighted by Crippen LogP contribution is 2.50. The van der Waals surface area contributed by atoms with E-state index in [1.54, 1.807) is 0 Å². The van der Waals surface area contributed by atoms with Gasteiger partial charge in [-0.05, 0) is 97.5 Å². The number of anilines is 1. The summed E-state index contributed by atoms with van der Waals surface area (Å²) in [5, 5.41) is 4.43. The zero-order valence-corrected chi connectivity index (χ0v) is 31.6. The maximum Gasteiger partial charge on any atom is 0.155 e. The van der Waals surface area contributed by atoms with Gasteiger partial charge >= 0.3 is 0 Å². The lowest BCUT2D eigenvalue weighted by Crippen LogP contribution is -2.69. The number of nitrogens with zero attached hydrogens (tertiary/aromatic N) is 1. The second-order valence-corrected chi connectivity index (χ2v) is 20.0. The van der Waals surface area contributed by atoms with Crippen LogP contribution in [0, 0.1) is 0 Å². The summed E-state index contributed by atoms with van der Waals surface area (Å²) in [6.45, 7) is 4.76. The highest BCUT2D eigenvalue weighted by Gasteiger charge is 2.47. The van der Waals surface area contributed by atoms with Crippen LogP contribution >= 0.6 is 0 Å². The largest absolute Gasteiger partial charge is 0.334 e. The molecule has 4 aliphatic carbocycles. The maximum atomic E-state index is 2.64. The van der Waals surface area contributed by atoms with Crippen LogP contribution in [-0.4, -0.2) is 14.1 Å². The Morgan fingerprint density at radius 1 is 0.604 bits per heavy atom. The zero-order chi connectivity index (χ0) is 35.6. The number of hydrogen-bond donors (Lipinski definition) is 0. The van der Waals surface area contributed by atoms with Crippen LogP contribution in [0.15, 0.2) is 188 Å². The number of hydrogen-bond acceptors (Lipinski definition) is 1. The molecule has 0 spiro atoms. The molecule has 0 radical (unpaired) electrons. The lowest BCUT2D eigenvalue weighted by atomic mass is 9.81. The third kappa shape index (κ3) is 4.96. The van der Waals surface area contributed by atoms with Crippen molar-refractivity contribution in [1.29, 1.82) is 0 Å². The summed E-state index contributed by atoms with van der Waals surface area (Å²) in [7, 11) is -2.68. The first-order valence-corrected chi connectivity index (χ1v) is 21.5. The molecular formula is C51H45NSi. The molecule has 1 aliphatic heterocycles. The molecule has 5 aliphatic rings. The van der Waals surface area contributed by atoms with Gasteiger partial charge in [0.1, 0.15) is 0 Å². The number of fused-ring (bicyclic) bond motifs is 6. The van der Waals surface area contributed by atoms with Gasteiger partial charge in [-0.1, -0.05) is 178 Å². The van der Waals surface area contributed by atoms with Crippen LogP contribution in [0.25, 0.3) is 22.3 Å². The Labute approximate surface area is 315 Å². The van der Waals surface area contributed by atoms with Crippen LogP contribution in [0.2, 0.25) is 5.54 Å². The van der Waals surface area contributed by atoms with E-state index in [2.05, 4.69) is 201 Å². The van der Waals surface area contributed by atoms with Gasteiger partial charge in [-0.25, -0.2) is 0 Å². The first kappa shape index (κ1) is 32.2. The van der Waals surface area contributed by atoms with Gasteiger partial charge < -0.3 is 4.90 Å². The van der Waals surface area contributed by atoms with Gasteiger partial charge in [0, 0.05) is 22.7 Å². The van der Waals surface area contributed by atoms with Crippen molar-refractivity contribution in [2.24, 2.45) is 0 Å². The van der Waals surface area contributed by atoms with Crippen LogP contribution in [0.3, 0.4) is 0 Å². The highest BCUT2D eigenvalue weighted by molar-refractivity contribution is 7.12. The second-order valence-electron chi connectivity index (χ2n) is 15.9. The van der Waals surface area contributed by atoms with E-state index in [0.717, 1.165) is 19.3 Å². The van der Waals surface area contributed by atoms with E-state index in [9.17, 15) is 0 Å². The molecule has 258 valence electrons. The molecule has 0 saturated carbocycles. The molecule has 0 bridgehead atoms. The van der Waals surface area contributed by atoms with Crippen molar-refractivity contribution < 1.29 is 0 Å². The van der Waals surface area contributed by atoms with Crippen LogP contribution in [-0.2, 0) is 5.41 Å². The molecule has 0 fully saturated rings. The minimum atomic E-state index is -2.68. The Balaban J connectivity index is 1.17. The fourth-order valence-corrected chi connectivity index (χ4v) is 15.6. The van der Waals surface area contributed by atoms with Crippen LogP contribution in [0.4, 0.5) is 5.69 Å². The normalized spacial score (nSPS) is 22.5. The summed E-state index contributed by atoms with van der Waals surface area (Å²) in [5.74, 6) is 0.320. The average Bonchev–Trinajstić information content (AvgIpc) is 3.67. The lowest BCUT2D eigenvalue weighted by Gasteiger charge is -2.40. The summed E-state index contributed by atoms with van der Waals surface area (Å²) in [4.78, 5) is 2.60. The SMILES string of the molecule is CC1(C)c2ccccc2-c2ccc(-c3cccc([Si](c4ccccc4)(c4ccc5c(c4)C4C=CC=CC4N5C4=CCCC=C4)C4C=CC=CC4)c3)cc21. The molecule has 0 N–H and O–H groups in total. The van der Waals surface area contributed by atoms with E-state index in [1.165, 1.54) is 65.9 Å². The van der Waals surface area contributed by atoms with Crippen molar-refractivity contribution in [2.45, 2.75) is 56.0 Å². The molecule has 10 rings (SSSR count). The Bertz CT molecular complexity index is 2440. The molecule has 0 saturated heterocycles. The monoisotopic (exact) mass is 699 g/mol. The first-order chi connectivity index (χ1) is 26.0. The Morgan fingerprint density at radius 2 is 1.38 bits per heavy atom. The standard InChI is InChI=1S/C51H45NSi/c1-51(2)47-27-14-12-25-43(47)44-31-29-37(34-48(44)51)36-17-16-24-41(33-36)53(39-20-8-4-9-21-39,40-22-10-5-11-23-40)42-30-32-50-46(35-42)45-26-13-15-28-49(45)52(50)38-18-6-3-7-19-38/h4-6,8-22,24-35,40,45,49H,3,7,23H2,1-2H3. The minimum Gasteiger partial charge on any atom is -0.334 e. The lowest BCUT2D eigenvalue weighted by molar-refractivity contribution is 0.660. The third-order valence-corrected chi connectivity index (χ3v) is 18.0. The quantitative estimate of drug-likeness (QED) is 0.126. The molecule has 5 aromatic carbocycles. The number of benzene rings is 5. The first-order valence-electron chi connectivity index (χ1n) is 19.4. The fraction of sp³-hybridized carbons (Fsp3) is 0.176. The molecule has 0 amide bonds. The molecule has 53 heavy (non-hydrogen) atoms. The molecule has 0 aromatic heterocycles. The summed E-state index contributed by atoms with van der Waals surface area (Å²) < 4.78 is 0. The summed E-state index contributed by atoms with van der Waals surface area (Å²) in [5.41, 5.74) is 12.6. The van der Waals surface area contributed by atoms with E-state index >= 15 is 0 Å². The van der Waals surface area contributed by atoms with Gasteiger partial charge in [-0.2, -0.15) is 0 Å². The predicted molar refractivity (Wildman–Crippen MR) is 227 cm³/mol. The summed E-state index contributed by atoms with van der Waals surface area (Å²) >= 11 is 0. The van der Waals surface area contributed by atoms with E-state index in [4.69, 9.17) is 0 Å². The van der Waals surface area contributed by atoms with Gasteiger partial charge in [0.15, 0.2) is 8.07 Å². The third-order valence-electron chi connectivity index (χ3n) is 12.8. The van der Waals surface area contributed by atoms with Gasteiger partial charge in [0.05, 0.1) is 6.04 Å². The van der Waals surface area contributed by atoms with Crippen molar-refractivity contribution in [1.82, 2.24) is 0 Å². The molecule has 1 heterocycles. The van der Waals surface area contributed by atoms with Crippen molar-refractivity contribution in [3.63, 3.8) is 0 Å². The van der Waals surface area contributed by atoms with Gasteiger partial charge in [0.25, 0.3) is 0 Å². The average molecular weight is 700 g/mol. The predicted octanol–water partition coefficient (Wildman–Crippen LogP) is 10.6. The summed E-state index contributed by atoms with van der Waals surface area (Å²) in [6.07, 6.45) is 29.1. The van der Waals surface area contributed by atoms with Crippen molar-refractivity contribution >= 4 is 29.3 Å². The highest BCUT2D eigenvalue weighted by atomic mass is 28.3. The van der Waals surface area contributed by atoms with E-state index in [1.807, 2.05) is 0 Å². The van der Waals surface area contributed by atoms with Crippen molar-refractivity contribution in [3.8, 4) is 22.3 Å². The van der Waals surface area contributed by atoms with E-state index < -0.39 is 8.07 Å². The minimum absolute atomic E-state index is 0.0380. The molecule has 5 aromatic rings. The molecular weight excluding hydrogens is 655 g/mol. The second kappa shape index (κ2) is 12.6.